The summed E-state index contributed by atoms with van der Waals surface area (Å²) >= 11 is 4.91. The molecule has 0 radical (unpaired) electrons. The Morgan fingerprint density at radius 2 is 2.08 bits per heavy atom. The summed E-state index contributed by atoms with van der Waals surface area (Å²) in [6, 6.07) is 0. The monoisotopic (exact) mass is 421 g/mol. The van der Waals surface area contributed by atoms with Gasteiger partial charge in [0.15, 0.2) is 5.13 Å². The van der Waals surface area contributed by atoms with E-state index in [0.717, 1.165) is 42.1 Å². The molecular formula is C17H20BrN5OS. The first-order valence-electron chi connectivity index (χ1n) is 8.78. The lowest BCUT2D eigenvalue weighted by atomic mass is 9.46. The molecule has 4 saturated carbocycles. The molecule has 6 rings (SSSR count). The lowest BCUT2D eigenvalue weighted by molar-refractivity contribution is -0.150. The molecule has 0 spiro atoms. The minimum absolute atomic E-state index is 0.0563. The Labute approximate surface area is 158 Å². The van der Waals surface area contributed by atoms with Crippen LogP contribution in [-0.2, 0) is 10.3 Å². The Bertz CT molecular complexity index is 832. The summed E-state index contributed by atoms with van der Waals surface area (Å²) in [5, 5.41) is 8.38. The molecule has 4 fully saturated rings. The van der Waals surface area contributed by atoms with E-state index in [0.29, 0.717) is 16.6 Å². The van der Waals surface area contributed by atoms with Crippen molar-refractivity contribution in [2.24, 2.45) is 17.3 Å². The van der Waals surface area contributed by atoms with Crippen molar-refractivity contribution in [2.75, 3.05) is 5.32 Å². The van der Waals surface area contributed by atoms with Crippen LogP contribution in [0.4, 0.5) is 5.13 Å². The molecule has 0 aromatic carbocycles. The van der Waals surface area contributed by atoms with Gasteiger partial charge in [-0.2, -0.15) is 0 Å². The fraction of sp³-hybridized carbons (Fsp3) is 0.647. The van der Waals surface area contributed by atoms with Crippen LogP contribution >= 0.6 is 27.3 Å². The van der Waals surface area contributed by atoms with Crippen molar-refractivity contribution in [3.8, 4) is 0 Å². The van der Waals surface area contributed by atoms with Gasteiger partial charge in [0.05, 0.1) is 11.0 Å². The van der Waals surface area contributed by atoms with Crippen LogP contribution in [-0.4, -0.2) is 25.7 Å². The smallest absolute Gasteiger partial charge is 0.232 e. The topological polar surface area (TPSA) is 72.7 Å². The lowest BCUT2D eigenvalue weighted by Gasteiger charge is -2.60. The van der Waals surface area contributed by atoms with Crippen molar-refractivity contribution in [3.05, 3.63) is 22.1 Å². The van der Waals surface area contributed by atoms with Gasteiger partial charge in [0.1, 0.15) is 6.33 Å². The number of nitrogens with one attached hydrogen (secondary N) is 1. The molecule has 4 aliphatic rings. The third kappa shape index (κ3) is 2.48. The highest BCUT2D eigenvalue weighted by Crippen LogP contribution is 2.64. The summed E-state index contributed by atoms with van der Waals surface area (Å²) < 4.78 is 2.66. The number of amides is 1. The van der Waals surface area contributed by atoms with Crippen LogP contribution in [0, 0.1) is 24.2 Å². The number of halogens is 1. The number of hydrogen-bond acceptors (Lipinski definition) is 5. The molecule has 2 aromatic heterocycles. The predicted molar refractivity (Wildman–Crippen MR) is 98.3 cm³/mol. The quantitative estimate of drug-likeness (QED) is 0.818. The van der Waals surface area contributed by atoms with Gasteiger partial charge in [-0.1, -0.05) is 0 Å². The molecule has 6 nitrogen and oxygen atoms in total. The van der Waals surface area contributed by atoms with E-state index >= 15 is 0 Å². The maximum atomic E-state index is 13.3. The first-order valence-corrected chi connectivity index (χ1v) is 10.4. The molecule has 2 atom stereocenters. The molecule has 132 valence electrons. The average Bonchev–Trinajstić information content (AvgIpc) is 3.15. The highest BCUT2D eigenvalue weighted by Gasteiger charge is 2.61. The Hall–Kier alpha value is -1.28. The van der Waals surface area contributed by atoms with Gasteiger partial charge in [0.2, 0.25) is 10.6 Å². The van der Waals surface area contributed by atoms with Crippen LogP contribution in [0.1, 0.15) is 43.4 Å². The van der Waals surface area contributed by atoms with Crippen molar-refractivity contribution >= 4 is 38.3 Å². The van der Waals surface area contributed by atoms with Crippen molar-refractivity contribution in [2.45, 2.75) is 51.0 Å². The van der Waals surface area contributed by atoms with Crippen molar-refractivity contribution in [1.29, 1.82) is 0 Å². The summed E-state index contributed by atoms with van der Waals surface area (Å²) in [7, 11) is 0. The Kier molecular flexibility index (Phi) is 3.42. The molecule has 25 heavy (non-hydrogen) atoms. The molecule has 2 aromatic rings. The van der Waals surface area contributed by atoms with Gasteiger partial charge in [0, 0.05) is 11.1 Å². The van der Waals surface area contributed by atoms with Crippen LogP contribution in [0.15, 0.2) is 17.3 Å². The number of nitrogens with zero attached hydrogens (tertiary/aromatic N) is 4. The summed E-state index contributed by atoms with van der Waals surface area (Å²) in [6.07, 6.45) is 9.98. The van der Waals surface area contributed by atoms with Crippen molar-refractivity contribution in [3.63, 3.8) is 0 Å². The van der Waals surface area contributed by atoms with Gasteiger partial charge in [-0.25, -0.2) is 14.6 Å². The second-order valence-corrected chi connectivity index (χ2v) is 10.1. The molecule has 4 aliphatic carbocycles. The minimum atomic E-state index is -0.290. The first-order chi connectivity index (χ1) is 12.0. The maximum Gasteiger partial charge on any atom is 0.232 e. The standard InChI is InChI=1S/C17H20BrN5OS/c1-10-7-19-15(25-10)21-13(24)16-3-11-2-12(4-16)6-17(5-11,8-16)23-9-20-14(18)22-23/h7,9,11-12H,2-6,8H2,1H3,(H,19,21,24). The Balaban J connectivity index is 1.48. The number of carbonyl (C=O) groups excluding carboxylic acids is 1. The average molecular weight is 422 g/mol. The van der Waals surface area contributed by atoms with Crippen LogP contribution in [0.3, 0.4) is 0 Å². The van der Waals surface area contributed by atoms with E-state index < -0.39 is 0 Å². The normalized spacial score (nSPS) is 35.9. The molecule has 0 saturated heterocycles. The Morgan fingerprint density at radius 1 is 1.32 bits per heavy atom. The molecule has 4 bridgehead atoms. The lowest BCUT2D eigenvalue weighted by Crippen LogP contribution is -2.60. The van der Waals surface area contributed by atoms with Crippen LogP contribution < -0.4 is 5.32 Å². The number of carbonyl (C=O) groups is 1. The minimum Gasteiger partial charge on any atom is -0.301 e. The molecule has 8 heteroatoms. The molecular weight excluding hydrogens is 402 g/mol. The molecule has 2 heterocycles. The van der Waals surface area contributed by atoms with Crippen LogP contribution in [0.5, 0.6) is 0 Å². The largest absolute Gasteiger partial charge is 0.301 e. The number of hydrogen-bond donors (Lipinski definition) is 1. The molecule has 1 amide bonds. The second kappa shape index (κ2) is 5.36. The summed E-state index contributed by atoms with van der Waals surface area (Å²) in [5.41, 5.74) is -0.346. The van der Waals surface area contributed by atoms with Gasteiger partial charge >= 0.3 is 0 Å². The van der Waals surface area contributed by atoms with E-state index in [9.17, 15) is 4.79 Å². The number of aromatic nitrogens is 4. The maximum absolute atomic E-state index is 13.3. The predicted octanol–water partition coefficient (Wildman–Crippen LogP) is 3.74. The SMILES string of the molecule is Cc1cnc(NC(=O)C23CC4CC(C2)CC(n2cnc(Br)n2)(C4)C3)s1. The number of anilines is 1. The Morgan fingerprint density at radius 3 is 2.68 bits per heavy atom. The van der Waals surface area contributed by atoms with E-state index in [2.05, 4.69) is 36.3 Å². The van der Waals surface area contributed by atoms with E-state index in [-0.39, 0.29) is 16.9 Å². The number of rotatable bonds is 3. The third-order valence-electron chi connectivity index (χ3n) is 6.30. The zero-order chi connectivity index (χ0) is 17.2. The summed E-state index contributed by atoms with van der Waals surface area (Å²) in [6.45, 7) is 2.01. The van der Waals surface area contributed by atoms with Gasteiger partial charge in [-0.3, -0.25) is 4.79 Å². The van der Waals surface area contributed by atoms with Gasteiger partial charge in [-0.15, -0.1) is 16.4 Å². The van der Waals surface area contributed by atoms with E-state index in [4.69, 9.17) is 0 Å². The third-order valence-corrected chi connectivity index (χ3v) is 7.50. The summed E-state index contributed by atoms with van der Waals surface area (Å²) in [5.74, 6) is 1.36. The van der Waals surface area contributed by atoms with Gasteiger partial charge in [0.25, 0.3) is 0 Å². The fourth-order valence-corrected chi connectivity index (χ4v) is 6.78. The molecule has 0 aliphatic heterocycles. The van der Waals surface area contributed by atoms with Gasteiger partial charge in [-0.05, 0) is 73.2 Å². The van der Waals surface area contributed by atoms with E-state index in [1.165, 1.54) is 6.42 Å². The van der Waals surface area contributed by atoms with E-state index in [1.807, 2.05) is 24.1 Å². The molecule has 2 unspecified atom stereocenters. The zero-order valence-electron chi connectivity index (χ0n) is 14.0. The van der Waals surface area contributed by atoms with Crippen LogP contribution in [0.2, 0.25) is 0 Å². The van der Waals surface area contributed by atoms with Crippen LogP contribution in [0.25, 0.3) is 0 Å². The highest BCUT2D eigenvalue weighted by molar-refractivity contribution is 9.10. The fourth-order valence-electron chi connectivity index (χ4n) is 5.86. The zero-order valence-corrected chi connectivity index (χ0v) is 16.4. The second-order valence-electron chi connectivity index (χ2n) is 8.15. The van der Waals surface area contributed by atoms with Crippen molar-refractivity contribution in [1.82, 2.24) is 19.7 Å². The van der Waals surface area contributed by atoms with Crippen molar-refractivity contribution < 1.29 is 4.79 Å². The number of thiazole rings is 1. The highest BCUT2D eigenvalue weighted by atomic mass is 79.9. The summed E-state index contributed by atoms with van der Waals surface area (Å²) in [4.78, 5) is 23.0. The van der Waals surface area contributed by atoms with E-state index in [1.54, 1.807) is 11.3 Å². The first kappa shape index (κ1) is 15.9. The van der Waals surface area contributed by atoms with Gasteiger partial charge < -0.3 is 5.32 Å². The number of aryl methyl sites for hydroxylation is 1. The molecule has 1 N–H and O–H groups in total.